The fraction of sp³-hybridized carbons (Fsp3) is 0.0556. The number of rotatable bonds is 4. The van der Waals surface area contributed by atoms with Gasteiger partial charge < -0.3 is 9.73 Å². The largest absolute Gasteiger partial charge is 0.461 e. The van der Waals surface area contributed by atoms with Crippen molar-refractivity contribution < 1.29 is 4.42 Å². The second-order valence-corrected chi connectivity index (χ2v) is 5.11. The van der Waals surface area contributed by atoms with Crippen LogP contribution >= 0.6 is 0 Å². The Morgan fingerprint density at radius 3 is 2.74 bits per heavy atom. The monoisotopic (exact) mass is 302 g/mol. The van der Waals surface area contributed by atoms with Gasteiger partial charge in [-0.3, -0.25) is 4.98 Å². The quantitative estimate of drug-likeness (QED) is 0.619. The highest BCUT2D eigenvalue weighted by atomic mass is 16.3. The first kappa shape index (κ1) is 13.5. The summed E-state index contributed by atoms with van der Waals surface area (Å²) in [6.07, 6.45) is 5.22. The van der Waals surface area contributed by atoms with E-state index >= 15 is 0 Å². The van der Waals surface area contributed by atoms with Gasteiger partial charge in [0.15, 0.2) is 11.6 Å². The van der Waals surface area contributed by atoms with Gasteiger partial charge in [0.2, 0.25) is 0 Å². The maximum absolute atomic E-state index is 5.42. The molecule has 1 N–H and O–H groups in total. The summed E-state index contributed by atoms with van der Waals surface area (Å²) in [7, 11) is 0. The number of nitrogens with one attached hydrogen (secondary N) is 1. The van der Waals surface area contributed by atoms with E-state index in [1.54, 1.807) is 12.5 Å². The predicted octanol–water partition coefficient (Wildman–Crippen LogP) is 3.90. The molecule has 3 heterocycles. The smallest absolute Gasteiger partial charge is 0.198 e. The van der Waals surface area contributed by atoms with Gasteiger partial charge in [0.05, 0.1) is 11.8 Å². The fourth-order valence-electron chi connectivity index (χ4n) is 2.42. The van der Waals surface area contributed by atoms with Crippen LogP contribution in [0.15, 0.2) is 71.6 Å². The maximum atomic E-state index is 5.42. The van der Waals surface area contributed by atoms with Crippen molar-refractivity contribution in [2.24, 2.45) is 0 Å². The summed E-state index contributed by atoms with van der Waals surface area (Å²) in [5, 5.41) is 4.35. The van der Waals surface area contributed by atoms with E-state index in [4.69, 9.17) is 4.42 Å². The number of benzene rings is 1. The molecule has 23 heavy (non-hydrogen) atoms. The average Bonchev–Trinajstić information content (AvgIpc) is 3.15. The van der Waals surface area contributed by atoms with Gasteiger partial charge in [-0.25, -0.2) is 9.97 Å². The Bertz CT molecular complexity index is 920. The minimum Gasteiger partial charge on any atom is -0.461 e. The minimum absolute atomic E-state index is 0.572. The number of pyridine rings is 1. The molecule has 0 spiro atoms. The summed E-state index contributed by atoms with van der Waals surface area (Å²) < 4.78 is 5.42. The molecule has 5 heteroatoms. The standard InChI is InChI=1S/C18H14N4O/c1-2-7-15-14(6-1)17(20-12-13-5-3-9-19-11-13)22-18(21-15)16-8-4-10-23-16/h1-11H,12H2,(H,20,21,22). The van der Waals surface area contributed by atoms with Crippen LogP contribution in [-0.4, -0.2) is 15.0 Å². The molecule has 0 radical (unpaired) electrons. The molecule has 0 saturated heterocycles. The van der Waals surface area contributed by atoms with Crippen molar-refractivity contribution >= 4 is 16.7 Å². The molecule has 0 unspecified atom stereocenters. The first-order chi connectivity index (χ1) is 11.4. The lowest BCUT2D eigenvalue weighted by molar-refractivity contribution is 0.577. The highest BCUT2D eigenvalue weighted by Gasteiger charge is 2.10. The summed E-state index contributed by atoms with van der Waals surface area (Å²) in [4.78, 5) is 13.3. The molecular formula is C18H14N4O. The number of anilines is 1. The Morgan fingerprint density at radius 2 is 1.91 bits per heavy atom. The number of fused-ring (bicyclic) bond motifs is 1. The highest BCUT2D eigenvalue weighted by Crippen LogP contribution is 2.25. The molecule has 5 nitrogen and oxygen atoms in total. The third-order valence-electron chi connectivity index (χ3n) is 3.53. The maximum Gasteiger partial charge on any atom is 0.198 e. The first-order valence-corrected chi connectivity index (χ1v) is 7.33. The molecular weight excluding hydrogens is 288 g/mol. The predicted molar refractivity (Wildman–Crippen MR) is 88.8 cm³/mol. The van der Waals surface area contributed by atoms with Crippen LogP contribution in [0, 0.1) is 0 Å². The molecule has 0 bridgehead atoms. The van der Waals surface area contributed by atoms with Crippen molar-refractivity contribution in [3.8, 4) is 11.6 Å². The van der Waals surface area contributed by atoms with E-state index in [0.29, 0.717) is 18.1 Å². The van der Waals surface area contributed by atoms with Gasteiger partial charge in [0.1, 0.15) is 5.82 Å². The zero-order valence-corrected chi connectivity index (χ0v) is 12.3. The number of hydrogen-bond donors (Lipinski definition) is 1. The van der Waals surface area contributed by atoms with Gasteiger partial charge in [-0.2, -0.15) is 0 Å². The fourth-order valence-corrected chi connectivity index (χ4v) is 2.42. The summed E-state index contributed by atoms with van der Waals surface area (Å²) in [5.41, 5.74) is 1.97. The highest BCUT2D eigenvalue weighted by molar-refractivity contribution is 5.90. The number of hydrogen-bond acceptors (Lipinski definition) is 5. The summed E-state index contributed by atoms with van der Waals surface area (Å²) in [5.74, 6) is 2.01. The Labute approximate surface area is 133 Å². The Morgan fingerprint density at radius 1 is 0.957 bits per heavy atom. The second kappa shape index (κ2) is 5.88. The van der Waals surface area contributed by atoms with Crippen molar-refractivity contribution in [2.45, 2.75) is 6.54 Å². The molecule has 4 rings (SSSR count). The van der Waals surface area contributed by atoms with Gasteiger partial charge in [-0.1, -0.05) is 18.2 Å². The van der Waals surface area contributed by atoms with E-state index < -0.39 is 0 Å². The van der Waals surface area contributed by atoms with Crippen LogP contribution in [0.3, 0.4) is 0 Å². The molecule has 0 aliphatic carbocycles. The van der Waals surface area contributed by atoms with Crippen LogP contribution in [-0.2, 0) is 6.54 Å². The third kappa shape index (κ3) is 2.76. The minimum atomic E-state index is 0.572. The molecule has 4 aromatic rings. The van der Waals surface area contributed by atoms with Crippen LogP contribution < -0.4 is 5.32 Å². The molecule has 0 saturated carbocycles. The van der Waals surface area contributed by atoms with Gasteiger partial charge in [0.25, 0.3) is 0 Å². The number of nitrogens with zero attached hydrogens (tertiary/aromatic N) is 3. The van der Waals surface area contributed by atoms with E-state index in [2.05, 4.69) is 20.3 Å². The second-order valence-electron chi connectivity index (χ2n) is 5.11. The summed E-state index contributed by atoms with van der Waals surface area (Å²) in [6.45, 7) is 0.645. The summed E-state index contributed by atoms with van der Waals surface area (Å²) in [6, 6.07) is 15.6. The van der Waals surface area contributed by atoms with E-state index in [-0.39, 0.29) is 0 Å². The van der Waals surface area contributed by atoms with Crippen molar-refractivity contribution in [1.29, 1.82) is 0 Å². The molecule has 112 valence electrons. The van der Waals surface area contributed by atoms with Crippen LogP contribution in [0.25, 0.3) is 22.5 Å². The molecule has 3 aromatic heterocycles. The number of para-hydroxylation sites is 1. The zero-order valence-electron chi connectivity index (χ0n) is 12.3. The topological polar surface area (TPSA) is 63.8 Å². The molecule has 1 aromatic carbocycles. The molecule has 0 aliphatic heterocycles. The average molecular weight is 302 g/mol. The SMILES string of the molecule is c1cncc(CNc2nc(-c3ccco3)nc3ccccc23)c1. The Hall–Kier alpha value is -3.21. The van der Waals surface area contributed by atoms with Crippen LogP contribution in [0.2, 0.25) is 0 Å². The number of furan rings is 1. The molecule has 0 fully saturated rings. The van der Waals surface area contributed by atoms with Gasteiger partial charge >= 0.3 is 0 Å². The Kier molecular flexibility index (Phi) is 3.44. The van der Waals surface area contributed by atoms with Gasteiger partial charge in [-0.15, -0.1) is 0 Å². The zero-order chi connectivity index (χ0) is 15.5. The van der Waals surface area contributed by atoms with Crippen molar-refractivity contribution in [2.75, 3.05) is 5.32 Å². The third-order valence-corrected chi connectivity index (χ3v) is 3.53. The van der Waals surface area contributed by atoms with E-state index in [1.165, 1.54) is 0 Å². The van der Waals surface area contributed by atoms with E-state index in [0.717, 1.165) is 22.3 Å². The van der Waals surface area contributed by atoms with Crippen molar-refractivity contribution in [3.63, 3.8) is 0 Å². The lowest BCUT2D eigenvalue weighted by Gasteiger charge is -2.10. The molecule has 0 amide bonds. The number of aromatic nitrogens is 3. The van der Waals surface area contributed by atoms with E-state index in [1.807, 2.05) is 54.7 Å². The van der Waals surface area contributed by atoms with Gasteiger partial charge in [-0.05, 0) is 35.9 Å². The van der Waals surface area contributed by atoms with Gasteiger partial charge in [0, 0.05) is 24.3 Å². The molecule has 0 atom stereocenters. The van der Waals surface area contributed by atoms with Crippen LogP contribution in [0.1, 0.15) is 5.56 Å². The van der Waals surface area contributed by atoms with Crippen LogP contribution in [0.5, 0.6) is 0 Å². The lowest BCUT2D eigenvalue weighted by atomic mass is 10.2. The summed E-state index contributed by atoms with van der Waals surface area (Å²) >= 11 is 0. The first-order valence-electron chi connectivity index (χ1n) is 7.33. The Balaban J connectivity index is 1.74. The van der Waals surface area contributed by atoms with Crippen molar-refractivity contribution in [1.82, 2.24) is 15.0 Å². The lowest BCUT2D eigenvalue weighted by Crippen LogP contribution is -2.04. The van der Waals surface area contributed by atoms with E-state index in [9.17, 15) is 0 Å². The van der Waals surface area contributed by atoms with Crippen LogP contribution in [0.4, 0.5) is 5.82 Å². The molecule has 0 aliphatic rings. The normalized spacial score (nSPS) is 10.8. The van der Waals surface area contributed by atoms with Crippen molar-refractivity contribution in [3.05, 3.63) is 72.8 Å².